The molecule has 0 saturated heterocycles. The van der Waals surface area contributed by atoms with Crippen molar-refractivity contribution in [2.45, 2.75) is 26.3 Å². The van der Waals surface area contributed by atoms with Crippen molar-refractivity contribution in [3.63, 3.8) is 0 Å². The number of hydrogen-bond donors (Lipinski definition) is 0. The third kappa shape index (κ3) is 2.87. The zero-order valence-corrected chi connectivity index (χ0v) is 14.4. The Hall–Kier alpha value is -2.41. The summed E-state index contributed by atoms with van der Waals surface area (Å²) in [4.78, 5) is 38.0. The Bertz CT molecular complexity index is 853. The van der Waals surface area contributed by atoms with Gasteiger partial charge in [0, 0.05) is 23.3 Å². The largest absolute Gasteiger partial charge is 0.465 e. The summed E-state index contributed by atoms with van der Waals surface area (Å²) in [7, 11) is 1.35. The Morgan fingerprint density at radius 3 is 2.79 bits per heavy atom. The molecule has 1 aromatic heterocycles. The molecule has 2 aromatic rings. The summed E-state index contributed by atoms with van der Waals surface area (Å²) < 4.78 is 6.31. The molecule has 24 heavy (non-hydrogen) atoms. The van der Waals surface area contributed by atoms with E-state index in [1.54, 1.807) is 22.4 Å². The molecule has 1 aromatic carbocycles. The highest BCUT2D eigenvalue weighted by atomic mass is 32.1. The van der Waals surface area contributed by atoms with Crippen LogP contribution in [0, 0.1) is 6.92 Å². The minimum atomic E-state index is -0.397. The normalized spacial score (nSPS) is 13.5. The van der Waals surface area contributed by atoms with Crippen LogP contribution in [0.3, 0.4) is 0 Å². The minimum Gasteiger partial charge on any atom is -0.465 e. The smallest absolute Gasteiger partial charge is 0.338 e. The summed E-state index contributed by atoms with van der Waals surface area (Å²) in [6.07, 6.45) is 1.49. The maximum atomic E-state index is 12.7. The molecule has 0 aliphatic carbocycles. The molecule has 0 spiro atoms. The van der Waals surface area contributed by atoms with Crippen molar-refractivity contribution < 1.29 is 14.3 Å². The van der Waals surface area contributed by atoms with E-state index in [0.29, 0.717) is 12.1 Å². The van der Waals surface area contributed by atoms with Crippen molar-refractivity contribution in [1.82, 2.24) is 4.57 Å². The van der Waals surface area contributed by atoms with E-state index in [1.807, 2.05) is 13.0 Å². The van der Waals surface area contributed by atoms with Gasteiger partial charge in [0.15, 0.2) is 0 Å². The van der Waals surface area contributed by atoms with Gasteiger partial charge in [-0.2, -0.15) is 0 Å². The number of nitrogens with zero attached hydrogens (tertiary/aromatic N) is 2. The van der Waals surface area contributed by atoms with Crippen molar-refractivity contribution in [3.05, 3.63) is 50.1 Å². The highest BCUT2D eigenvalue weighted by molar-refractivity contribution is 7.07. The highest BCUT2D eigenvalue weighted by Crippen LogP contribution is 2.30. The lowest BCUT2D eigenvalue weighted by Gasteiger charge is -2.30. The molecular weight excluding hydrogens is 328 g/mol. The molecule has 7 heteroatoms. The van der Waals surface area contributed by atoms with E-state index in [1.165, 1.54) is 11.7 Å². The van der Waals surface area contributed by atoms with Crippen LogP contribution in [-0.4, -0.2) is 30.1 Å². The summed E-state index contributed by atoms with van der Waals surface area (Å²) in [5, 5.41) is 1.75. The van der Waals surface area contributed by atoms with Gasteiger partial charge in [-0.3, -0.25) is 14.2 Å². The first-order chi connectivity index (χ1) is 11.5. The molecule has 1 aliphatic heterocycles. The second kappa shape index (κ2) is 6.60. The number of benzene rings is 1. The second-order valence-electron chi connectivity index (χ2n) is 5.67. The van der Waals surface area contributed by atoms with Crippen LogP contribution < -0.4 is 9.77 Å². The van der Waals surface area contributed by atoms with E-state index in [9.17, 15) is 14.4 Å². The third-order valence-corrected chi connectivity index (χ3v) is 5.11. The summed E-state index contributed by atoms with van der Waals surface area (Å²) >= 11 is 1.09. The molecule has 0 fully saturated rings. The van der Waals surface area contributed by atoms with E-state index in [0.717, 1.165) is 41.1 Å². The fourth-order valence-corrected chi connectivity index (χ4v) is 3.74. The van der Waals surface area contributed by atoms with Gasteiger partial charge in [-0.15, -0.1) is 0 Å². The van der Waals surface area contributed by atoms with Gasteiger partial charge >= 0.3 is 10.8 Å². The Balaban J connectivity index is 1.94. The van der Waals surface area contributed by atoms with Crippen molar-refractivity contribution in [2.24, 2.45) is 0 Å². The first-order valence-corrected chi connectivity index (χ1v) is 8.56. The molecule has 0 bridgehead atoms. The van der Waals surface area contributed by atoms with Crippen LogP contribution in [0.1, 0.15) is 28.0 Å². The number of carbonyl (C=O) groups excluding carboxylic acids is 2. The first-order valence-electron chi connectivity index (χ1n) is 7.68. The Morgan fingerprint density at radius 1 is 1.33 bits per heavy atom. The van der Waals surface area contributed by atoms with Crippen LogP contribution in [0.25, 0.3) is 0 Å². The van der Waals surface area contributed by atoms with E-state index >= 15 is 0 Å². The average Bonchev–Trinajstić information content (AvgIpc) is 2.91. The predicted octanol–water partition coefficient (Wildman–Crippen LogP) is 1.98. The lowest BCUT2D eigenvalue weighted by Crippen LogP contribution is -2.39. The number of ether oxygens (including phenoxy) is 1. The van der Waals surface area contributed by atoms with E-state index in [4.69, 9.17) is 4.74 Å². The van der Waals surface area contributed by atoms with Gasteiger partial charge in [-0.1, -0.05) is 17.4 Å². The molecule has 0 N–H and O–H groups in total. The first kappa shape index (κ1) is 16.4. The number of aromatic nitrogens is 1. The molecule has 3 rings (SSSR count). The zero-order chi connectivity index (χ0) is 17.3. The van der Waals surface area contributed by atoms with Crippen LogP contribution in [0.2, 0.25) is 0 Å². The average molecular weight is 346 g/mol. The molecule has 0 unspecified atom stereocenters. The fraction of sp³-hybridized carbons (Fsp3) is 0.353. The predicted molar refractivity (Wildman–Crippen MR) is 91.8 cm³/mol. The van der Waals surface area contributed by atoms with Crippen LogP contribution in [-0.2, 0) is 22.5 Å². The summed E-state index contributed by atoms with van der Waals surface area (Å²) in [5.41, 5.74) is 2.84. The van der Waals surface area contributed by atoms with E-state index in [2.05, 4.69) is 0 Å². The monoisotopic (exact) mass is 346 g/mol. The maximum Gasteiger partial charge on any atom is 0.338 e. The van der Waals surface area contributed by atoms with Crippen LogP contribution in [0.4, 0.5) is 5.69 Å². The third-order valence-electron chi connectivity index (χ3n) is 4.23. The molecule has 0 saturated carbocycles. The number of carbonyl (C=O) groups is 2. The molecular formula is C17H18N2O4S. The van der Waals surface area contributed by atoms with Crippen molar-refractivity contribution in [1.29, 1.82) is 0 Å². The Morgan fingerprint density at radius 2 is 2.12 bits per heavy atom. The number of rotatable bonds is 3. The molecule has 0 atom stereocenters. The van der Waals surface area contributed by atoms with Crippen molar-refractivity contribution in [2.75, 3.05) is 18.6 Å². The van der Waals surface area contributed by atoms with Gasteiger partial charge in [0.2, 0.25) is 5.91 Å². The van der Waals surface area contributed by atoms with Gasteiger partial charge in [0.25, 0.3) is 0 Å². The topological polar surface area (TPSA) is 68.6 Å². The highest BCUT2D eigenvalue weighted by Gasteiger charge is 2.26. The van der Waals surface area contributed by atoms with E-state index in [-0.39, 0.29) is 17.3 Å². The maximum absolute atomic E-state index is 12.7. The number of esters is 1. The lowest BCUT2D eigenvalue weighted by molar-refractivity contribution is -0.119. The lowest BCUT2D eigenvalue weighted by atomic mass is 9.96. The molecule has 126 valence electrons. The quantitative estimate of drug-likeness (QED) is 0.797. The molecule has 0 radical (unpaired) electrons. The summed E-state index contributed by atoms with van der Waals surface area (Å²) in [6.45, 7) is 2.40. The van der Waals surface area contributed by atoms with Gasteiger partial charge in [0.05, 0.1) is 12.7 Å². The molecule has 2 heterocycles. The summed E-state index contributed by atoms with van der Waals surface area (Å²) in [5.74, 6) is -0.549. The number of fused-ring (bicyclic) bond motifs is 1. The van der Waals surface area contributed by atoms with Crippen molar-refractivity contribution >= 4 is 28.9 Å². The molecule has 1 aliphatic rings. The number of hydrogen-bond acceptors (Lipinski definition) is 5. The van der Waals surface area contributed by atoms with Crippen LogP contribution in [0.5, 0.6) is 0 Å². The van der Waals surface area contributed by atoms with Crippen LogP contribution >= 0.6 is 11.3 Å². The zero-order valence-electron chi connectivity index (χ0n) is 13.6. The SMILES string of the molecule is COC(=O)c1cccc2c1CCCN2C(=O)Cn1c(C)csc1=O. The van der Waals surface area contributed by atoms with E-state index < -0.39 is 5.97 Å². The van der Waals surface area contributed by atoms with Crippen molar-refractivity contribution in [3.8, 4) is 0 Å². The van der Waals surface area contributed by atoms with Gasteiger partial charge in [-0.05, 0) is 37.5 Å². The summed E-state index contributed by atoms with van der Waals surface area (Å²) in [6, 6.07) is 5.30. The van der Waals surface area contributed by atoms with Gasteiger partial charge in [-0.25, -0.2) is 4.79 Å². The van der Waals surface area contributed by atoms with Gasteiger partial charge < -0.3 is 9.64 Å². The molecule has 6 nitrogen and oxygen atoms in total. The number of methoxy groups -OCH3 is 1. The molecule has 1 amide bonds. The number of aryl methyl sites for hydroxylation is 1. The standard InChI is InChI=1S/C17H18N2O4S/c1-11-10-24-17(22)19(11)9-15(20)18-8-4-6-12-13(16(21)23-2)5-3-7-14(12)18/h3,5,7,10H,4,6,8-9H2,1-2H3. The van der Waals surface area contributed by atoms with Gasteiger partial charge in [0.1, 0.15) is 6.54 Å². The number of anilines is 1. The number of amides is 1. The second-order valence-corrected chi connectivity index (χ2v) is 6.49. The van der Waals surface area contributed by atoms with Crippen LogP contribution in [0.15, 0.2) is 28.4 Å². The fourth-order valence-electron chi connectivity index (χ4n) is 3.00. The Labute approximate surface area is 143 Å². The minimum absolute atomic E-state index is 0.00998. The number of thiazole rings is 1. The Kier molecular flexibility index (Phi) is 4.53.